The number of aliphatic carboxylic acids is 1. The Balaban J connectivity index is 2.57. The van der Waals surface area contributed by atoms with E-state index in [4.69, 9.17) is 28.3 Å². The van der Waals surface area contributed by atoms with Crippen molar-refractivity contribution in [3.05, 3.63) is 39.6 Å². The highest BCUT2D eigenvalue weighted by molar-refractivity contribution is 6.34. The lowest BCUT2D eigenvalue weighted by Gasteiger charge is -2.05. The second kappa shape index (κ2) is 7.14. The van der Waals surface area contributed by atoms with Gasteiger partial charge in [-0.25, -0.2) is 13.9 Å². The van der Waals surface area contributed by atoms with Gasteiger partial charge in [-0.3, -0.25) is 0 Å². The van der Waals surface area contributed by atoms with Crippen molar-refractivity contribution in [2.24, 2.45) is 7.05 Å². The standard InChI is InChI=1S/C14H9Cl2F3N2O3/c1-21-13(24-14(18)19)11(16)12(20-21)7-4-6(2-3-10(22)23)8(15)5-9(7)17/h2-5,14H,1H3,(H,22,23). The number of rotatable bonds is 5. The minimum Gasteiger partial charge on any atom is -0.478 e. The summed E-state index contributed by atoms with van der Waals surface area (Å²) in [6, 6.07) is 2.15. The highest BCUT2D eigenvalue weighted by Crippen LogP contribution is 2.38. The molecule has 0 unspecified atom stereocenters. The first-order valence-electron chi connectivity index (χ1n) is 6.28. The largest absolute Gasteiger partial charge is 0.478 e. The average Bonchev–Trinajstić information content (AvgIpc) is 2.74. The molecule has 0 aliphatic rings. The van der Waals surface area contributed by atoms with Crippen LogP contribution in [0.15, 0.2) is 18.2 Å². The summed E-state index contributed by atoms with van der Waals surface area (Å²) in [4.78, 5) is 10.6. The molecular formula is C14H9Cl2F3N2O3. The van der Waals surface area contributed by atoms with Gasteiger partial charge in [-0.05, 0) is 23.8 Å². The van der Waals surface area contributed by atoms with Crippen LogP contribution in [0.1, 0.15) is 5.56 Å². The summed E-state index contributed by atoms with van der Waals surface area (Å²) in [7, 11) is 1.30. The fourth-order valence-corrected chi connectivity index (χ4v) is 2.42. The van der Waals surface area contributed by atoms with E-state index in [2.05, 4.69) is 9.84 Å². The van der Waals surface area contributed by atoms with Crippen molar-refractivity contribution in [2.75, 3.05) is 0 Å². The van der Waals surface area contributed by atoms with Crippen molar-refractivity contribution in [1.82, 2.24) is 9.78 Å². The summed E-state index contributed by atoms with van der Waals surface area (Å²) >= 11 is 11.8. The molecule has 0 atom stereocenters. The van der Waals surface area contributed by atoms with E-state index in [1.54, 1.807) is 0 Å². The molecule has 1 heterocycles. The third kappa shape index (κ3) is 3.82. The van der Waals surface area contributed by atoms with E-state index in [1.165, 1.54) is 13.1 Å². The molecular weight excluding hydrogens is 372 g/mol. The van der Waals surface area contributed by atoms with Crippen molar-refractivity contribution in [3.8, 4) is 17.1 Å². The van der Waals surface area contributed by atoms with Crippen LogP contribution in [0.25, 0.3) is 17.3 Å². The molecule has 5 nitrogen and oxygen atoms in total. The number of hydrogen-bond donors (Lipinski definition) is 1. The Labute approximate surface area is 143 Å². The van der Waals surface area contributed by atoms with E-state index < -0.39 is 24.3 Å². The maximum Gasteiger partial charge on any atom is 0.388 e. The van der Waals surface area contributed by atoms with Gasteiger partial charge in [0, 0.05) is 18.7 Å². The number of ether oxygens (including phenoxy) is 1. The van der Waals surface area contributed by atoms with Crippen molar-refractivity contribution >= 4 is 35.2 Å². The van der Waals surface area contributed by atoms with Crippen LogP contribution in [0.2, 0.25) is 10.0 Å². The van der Waals surface area contributed by atoms with Crippen LogP contribution in [0.5, 0.6) is 5.88 Å². The van der Waals surface area contributed by atoms with Crippen LogP contribution < -0.4 is 4.74 Å². The molecule has 0 amide bonds. The molecule has 24 heavy (non-hydrogen) atoms. The molecule has 0 aliphatic heterocycles. The number of carboxylic acids is 1. The van der Waals surface area contributed by atoms with E-state index in [1.807, 2.05) is 0 Å². The number of benzene rings is 1. The molecule has 0 spiro atoms. The van der Waals surface area contributed by atoms with Crippen LogP contribution >= 0.6 is 23.2 Å². The van der Waals surface area contributed by atoms with Crippen LogP contribution in [-0.2, 0) is 11.8 Å². The molecule has 2 rings (SSSR count). The summed E-state index contributed by atoms with van der Waals surface area (Å²) in [5.41, 5.74) is -0.100. The predicted molar refractivity (Wildman–Crippen MR) is 81.9 cm³/mol. The van der Waals surface area contributed by atoms with Crippen molar-refractivity contribution in [1.29, 1.82) is 0 Å². The monoisotopic (exact) mass is 380 g/mol. The second-order valence-corrected chi connectivity index (χ2v) is 5.28. The Kier molecular flexibility index (Phi) is 5.40. The first-order chi connectivity index (χ1) is 11.2. The number of aromatic nitrogens is 2. The molecule has 0 radical (unpaired) electrons. The number of hydrogen-bond acceptors (Lipinski definition) is 3. The molecule has 128 valence electrons. The normalized spacial score (nSPS) is 11.5. The Bertz CT molecular complexity index is 822. The number of carboxylic acid groups (broad SMARTS) is 1. The molecule has 0 aliphatic carbocycles. The minimum atomic E-state index is -3.13. The van der Waals surface area contributed by atoms with Gasteiger partial charge in [0.05, 0.1) is 5.02 Å². The maximum atomic E-state index is 14.2. The van der Waals surface area contributed by atoms with Gasteiger partial charge in [-0.2, -0.15) is 13.9 Å². The van der Waals surface area contributed by atoms with E-state index in [0.29, 0.717) is 0 Å². The minimum absolute atomic E-state index is 0.0372. The molecule has 0 saturated carbocycles. The van der Waals surface area contributed by atoms with Gasteiger partial charge in [-0.15, -0.1) is 0 Å². The first-order valence-corrected chi connectivity index (χ1v) is 7.04. The summed E-state index contributed by atoms with van der Waals surface area (Å²) in [6.45, 7) is -3.13. The van der Waals surface area contributed by atoms with Crippen molar-refractivity contribution < 1.29 is 27.8 Å². The zero-order chi connectivity index (χ0) is 18.0. The fourth-order valence-electron chi connectivity index (χ4n) is 1.90. The topological polar surface area (TPSA) is 64.4 Å². The quantitative estimate of drug-likeness (QED) is 0.788. The van der Waals surface area contributed by atoms with Crippen LogP contribution in [-0.4, -0.2) is 27.5 Å². The molecule has 2 aromatic rings. The summed E-state index contributed by atoms with van der Waals surface area (Å²) in [5, 5.41) is 12.2. The van der Waals surface area contributed by atoms with Gasteiger partial charge in [0.1, 0.15) is 16.5 Å². The lowest BCUT2D eigenvalue weighted by molar-refractivity contribution is -0.131. The zero-order valence-corrected chi connectivity index (χ0v) is 13.4. The molecule has 1 N–H and O–H groups in total. The maximum absolute atomic E-state index is 14.2. The van der Waals surface area contributed by atoms with Crippen molar-refractivity contribution in [3.63, 3.8) is 0 Å². The van der Waals surface area contributed by atoms with E-state index in [9.17, 15) is 18.0 Å². The summed E-state index contributed by atoms with van der Waals surface area (Å²) in [6.07, 6.45) is 1.97. The molecule has 0 fully saturated rings. The summed E-state index contributed by atoms with van der Waals surface area (Å²) < 4.78 is 44.1. The number of alkyl halides is 2. The molecule has 1 aromatic heterocycles. The summed E-state index contributed by atoms with van der Waals surface area (Å²) in [5.74, 6) is -2.46. The highest BCUT2D eigenvalue weighted by Gasteiger charge is 2.23. The van der Waals surface area contributed by atoms with Gasteiger partial charge < -0.3 is 9.84 Å². The molecule has 0 saturated heterocycles. The smallest absolute Gasteiger partial charge is 0.388 e. The third-order valence-corrected chi connectivity index (χ3v) is 3.56. The lowest BCUT2D eigenvalue weighted by Crippen LogP contribution is -2.06. The van der Waals surface area contributed by atoms with Crippen molar-refractivity contribution in [2.45, 2.75) is 6.61 Å². The first kappa shape index (κ1) is 18.2. The van der Waals surface area contributed by atoms with Gasteiger partial charge in [0.25, 0.3) is 0 Å². The molecule has 10 heteroatoms. The van der Waals surface area contributed by atoms with E-state index in [0.717, 1.165) is 22.9 Å². The fraction of sp³-hybridized carbons (Fsp3) is 0.143. The Morgan fingerprint density at radius 1 is 1.42 bits per heavy atom. The lowest BCUT2D eigenvalue weighted by atomic mass is 10.1. The van der Waals surface area contributed by atoms with Crippen LogP contribution in [0.4, 0.5) is 13.2 Å². The second-order valence-electron chi connectivity index (χ2n) is 4.49. The van der Waals surface area contributed by atoms with Gasteiger partial charge >= 0.3 is 12.6 Å². The highest BCUT2D eigenvalue weighted by atomic mass is 35.5. The van der Waals surface area contributed by atoms with E-state index in [-0.39, 0.29) is 26.9 Å². The number of carbonyl (C=O) groups is 1. The SMILES string of the molecule is Cn1nc(-c2cc(C=CC(=O)O)c(Cl)cc2F)c(Cl)c1OC(F)F. The number of halogens is 5. The average molecular weight is 381 g/mol. The Morgan fingerprint density at radius 2 is 2.08 bits per heavy atom. The zero-order valence-electron chi connectivity index (χ0n) is 11.9. The van der Waals surface area contributed by atoms with Gasteiger partial charge in [0.2, 0.25) is 5.88 Å². The molecule has 1 aromatic carbocycles. The third-order valence-electron chi connectivity index (χ3n) is 2.89. The Morgan fingerprint density at radius 3 is 2.67 bits per heavy atom. The molecule has 0 bridgehead atoms. The number of nitrogens with zero attached hydrogens (tertiary/aromatic N) is 2. The van der Waals surface area contributed by atoms with Crippen LogP contribution in [0, 0.1) is 5.82 Å². The van der Waals surface area contributed by atoms with Gasteiger partial charge in [-0.1, -0.05) is 23.2 Å². The Hall–Kier alpha value is -2.19. The predicted octanol–water partition coefficient (Wildman–Crippen LogP) is 4.23. The van der Waals surface area contributed by atoms with E-state index >= 15 is 0 Å². The van der Waals surface area contributed by atoms with Crippen LogP contribution in [0.3, 0.4) is 0 Å². The van der Waals surface area contributed by atoms with Gasteiger partial charge in [0.15, 0.2) is 0 Å². The number of aryl methyl sites for hydroxylation is 1.